The van der Waals surface area contributed by atoms with Gasteiger partial charge in [0.2, 0.25) is 5.91 Å². The summed E-state index contributed by atoms with van der Waals surface area (Å²) in [7, 11) is 0. The van der Waals surface area contributed by atoms with Crippen LogP contribution < -0.4 is 10.6 Å². The van der Waals surface area contributed by atoms with Gasteiger partial charge in [0.15, 0.2) is 0 Å². The van der Waals surface area contributed by atoms with Gasteiger partial charge in [-0.2, -0.15) is 13.2 Å². The summed E-state index contributed by atoms with van der Waals surface area (Å²) in [4.78, 5) is 12.1. The third-order valence-corrected chi connectivity index (χ3v) is 4.12. The van der Waals surface area contributed by atoms with Crippen LogP contribution in [0.25, 0.3) is 0 Å². The van der Waals surface area contributed by atoms with E-state index in [0.29, 0.717) is 19.4 Å². The number of alkyl halides is 3. The molecule has 21 heavy (non-hydrogen) atoms. The fourth-order valence-electron chi connectivity index (χ4n) is 3.03. The van der Waals surface area contributed by atoms with E-state index in [0.717, 1.165) is 32.2 Å². The molecule has 1 saturated heterocycles. The predicted molar refractivity (Wildman–Crippen MR) is 71.8 cm³/mol. The molecule has 1 heterocycles. The summed E-state index contributed by atoms with van der Waals surface area (Å²) in [5.41, 5.74) is 0. The Balaban J connectivity index is 1.74. The number of nitrogens with one attached hydrogen (secondary N) is 2. The molecule has 3 atom stereocenters. The minimum absolute atomic E-state index is 0.0173. The molecule has 2 N–H and O–H groups in total. The van der Waals surface area contributed by atoms with Gasteiger partial charge in [-0.25, -0.2) is 0 Å². The highest BCUT2D eigenvalue weighted by Crippen LogP contribution is 2.24. The maximum absolute atomic E-state index is 12.2. The predicted octanol–water partition coefficient (Wildman–Crippen LogP) is 1.99. The number of halogens is 3. The Morgan fingerprint density at radius 2 is 2.05 bits per heavy atom. The van der Waals surface area contributed by atoms with Crippen molar-refractivity contribution >= 4 is 5.91 Å². The molecule has 2 fully saturated rings. The number of piperidine rings is 1. The van der Waals surface area contributed by atoms with Gasteiger partial charge in [-0.05, 0) is 45.1 Å². The first kappa shape index (κ1) is 16.5. The maximum atomic E-state index is 12.2. The number of carbonyl (C=O) groups is 1. The zero-order valence-corrected chi connectivity index (χ0v) is 12.0. The van der Waals surface area contributed by atoms with Crippen molar-refractivity contribution in [3.05, 3.63) is 0 Å². The van der Waals surface area contributed by atoms with E-state index >= 15 is 0 Å². The van der Waals surface area contributed by atoms with Gasteiger partial charge in [0.1, 0.15) is 6.61 Å². The molecule has 2 unspecified atom stereocenters. The van der Waals surface area contributed by atoms with E-state index < -0.39 is 18.9 Å². The van der Waals surface area contributed by atoms with E-state index in [-0.39, 0.29) is 17.9 Å². The van der Waals surface area contributed by atoms with Gasteiger partial charge in [-0.15, -0.1) is 0 Å². The molecular formula is C14H23F3N2O2. The molecule has 0 aromatic carbocycles. The van der Waals surface area contributed by atoms with Crippen LogP contribution in [0.3, 0.4) is 0 Å². The molecule has 2 aliphatic rings. The normalized spacial score (nSPS) is 30.9. The molecule has 0 spiro atoms. The maximum Gasteiger partial charge on any atom is 0.411 e. The van der Waals surface area contributed by atoms with Gasteiger partial charge in [0.25, 0.3) is 0 Å². The molecule has 1 amide bonds. The second kappa shape index (κ2) is 7.45. The second-order valence-corrected chi connectivity index (χ2v) is 5.96. The van der Waals surface area contributed by atoms with Crippen LogP contribution in [-0.2, 0) is 9.53 Å². The van der Waals surface area contributed by atoms with Crippen LogP contribution >= 0.6 is 0 Å². The summed E-state index contributed by atoms with van der Waals surface area (Å²) >= 11 is 0. The van der Waals surface area contributed by atoms with Crippen molar-refractivity contribution in [3.63, 3.8) is 0 Å². The van der Waals surface area contributed by atoms with Crippen LogP contribution in [-0.4, -0.2) is 43.9 Å². The molecule has 0 radical (unpaired) electrons. The summed E-state index contributed by atoms with van der Waals surface area (Å²) in [6.07, 6.45) is -0.122. The fraction of sp³-hybridized carbons (Fsp3) is 0.929. The van der Waals surface area contributed by atoms with Crippen molar-refractivity contribution in [2.75, 3.05) is 19.7 Å². The molecule has 1 aliphatic heterocycles. The molecular weight excluding hydrogens is 285 g/mol. The van der Waals surface area contributed by atoms with Crippen molar-refractivity contribution in [1.82, 2.24) is 10.6 Å². The fourth-order valence-corrected chi connectivity index (χ4v) is 3.03. The third kappa shape index (κ3) is 5.82. The number of hydrogen-bond donors (Lipinski definition) is 2. The van der Waals surface area contributed by atoms with Crippen molar-refractivity contribution in [2.45, 2.75) is 56.8 Å². The Hall–Kier alpha value is -0.820. The Morgan fingerprint density at radius 1 is 1.24 bits per heavy atom. The highest BCUT2D eigenvalue weighted by atomic mass is 19.4. The third-order valence-electron chi connectivity index (χ3n) is 4.12. The number of carbonyl (C=O) groups excluding carboxylic acids is 1. The minimum atomic E-state index is -4.29. The van der Waals surface area contributed by atoms with Crippen LogP contribution in [0.2, 0.25) is 0 Å². The lowest BCUT2D eigenvalue weighted by Crippen LogP contribution is -2.46. The Labute approximate surface area is 122 Å². The summed E-state index contributed by atoms with van der Waals surface area (Å²) in [6.45, 7) is 0.429. The smallest absolute Gasteiger partial charge is 0.369 e. The number of rotatable bonds is 4. The minimum Gasteiger partial charge on any atom is -0.369 e. The molecule has 4 nitrogen and oxygen atoms in total. The first-order valence-electron chi connectivity index (χ1n) is 7.63. The van der Waals surface area contributed by atoms with Crippen LogP contribution in [0.4, 0.5) is 13.2 Å². The molecule has 122 valence electrons. The van der Waals surface area contributed by atoms with Gasteiger partial charge in [-0.1, -0.05) is 0 Å². The van der Waals surface area contributed by atoms with Gasteiger partial charge >= 0.3 is 6.18 Å². The summed E-state index contributed by atoms with van der Waals surface area (Å²) in [5, 5.41) is 6.16. The average molecular weight is 308 g/mol. The van der Waals surface area contributed by atoms with Crippen LogP contribution in [0.1, 0.15) is 38.5 Å². The Bertz CT molecular complexity index is 344. The highest BCUT2D eigenvalue weighted by molar-refractivity contribution is 5.79. The lowest BCUT2D eigenvalue weighted by molar-refractivity contribution is -0.188. The zero-order valence-electron chi connectivity index (χ0n) is 12.0. The Kier molecular flexibility index (Phi) is 5.87. The van der Waals surface area contributed by atoms with E-state index in [1.807, 2.05) is 0 Å². The first-order chi connectivity index (χ1) is 9.94. The van der Waals surface area contributed by atoms with Gasteiger partial charge in [0, 0.05) is 12.6 Å². The van der Waals surface area contributed by atoms with Gasteiger partial charge in [0.05, 0.1) is 12.0 Å². The topological polar surface area (TPSA) is 50.4 Å². The highest BCUT2D eigenvalue weighted by Gasteiger charge is 2.32. The molecule has 0 bridgehead atoms. The lowest BCUT2D eigenvalue weighted by Gasteiger charge is -2.31. The SMILES string of the molecule is O=C(NC1CCCC(OCC(F)(F)F)C1)[C@@H]1CCCNC1. The van der Waals surface area contributed by atoms with Gasteiger partial charge < -0.3 is 15.4 Å². The Morgan fingerprint density at radius 3 is 2.71 bits per heavy atom. The van der Waals surface area contributed by atoms with Crippen LogP contribution in [0.5, 0.6) is 0 Å². The number of hydrogen-bond acceptors (Lipinski definition) is 3. The molecule has 1 aliphatic carbocycles. The average Bonchev–Trinajstić information content (AvgIpc) is 2.46. The molecule has 0 aromatic rings. The molecule has 1 saturated carbocycles. The molecule has 2 rings (SSSR count). The van der Waals surface area contributed by atoms with E-state index in [4.69, 9.17) is 4.74 Å². The largest absolute Gasteiger partial charge is 0.411 e. The number of ether oxygens (including phenoxy) is 1. The monoisotopic (exact) mass is 308 g/mol. The first-order valence-corrected chi connectivity index (χ1v) is 7.63. The summed E-state index contributed by atoms with van der Waals surface area (Å²) in [5.74, 6) is -0.00103. The van der Waals surface area contributed by atoms with Crippen molar-refractivity contribution in [2.24, 2.45) is 5.92 Å². The number of amides is 1. The van der Waals surface area contributed by atoms with Crippen molar-refractivity contribution < 1.29 is 22.7 Å². The summed E-state index contributed by atoms with van der Waals surface area (Å²) in [6, 6.07) is -0.0635. The molecule has 0 aromatic heterocycles. The van der Waals surface area contributed by atoms with Crippen molar-refractivity contribution in [3.8, 4) is 0 Å². The quantitative estimate of drug-likeness (QED) is 0.835. The lowest BCUT2D eigenvalue weighted by atomic mass is 9.91. The van der Waals surface area contributed by atoms with E-state index in [9.17, 15) is 18.0 Å². The summed E-state index contributed by atoms with van der Waals surface area (Å²) < 4.78 is 41.4. The second-order valence-electron chi connectivity index (χ2n) is 5.96. The zero-order chi connectivity index (χ0) is 15.3. The van der Waals surface area contributed by atoms with E-state index in [2.05, 4.69) is 10.6 Å². The van der Waals surface area contributed by atoms with Gasteiger partial charge in [-0.3, -0.25) is 4.79 Å². The van der Waals surface area contributed by atoms with Crippen molar-refractivity contribution in [1.29, 1.82) is 0 Å². The molecule has 7 heteroatoms. The van der Waals surface area contributed by atoms with Crippen LogP contribution in [0, 0.1) is 5.92 Å². The van der Waals surface area contributed by atoms with E-state index in [1.165, 1.54) is 0 Å². The van der Waals surface area contributed by atoms with Crippen LogP contribution in [0.15, 0.2) is 0 Å². The standard InChI is InChI=1S/C14H23F3N2O2/c15-14(16,17)9-21-12-5-1-4-11(7-12)19-13(20)10-3-2-6-18-8-10/h10-12,18H,1-9H2,(H,19,20)/t10-,11?,12?/m1/s1. The van der Waals surface area contributed by atoms with E-state index in [1.54, 1.807) is 0 Å².